The molecule has 14 nitrogen and oxygen atoms in total. The van der Waals surface area contributed by atoms with E-state index in [1.165, 1.54) is 24.6 Å². The predicted molar refractivity (Wildman–Crippen MR) is 165 cm³/mol. The Labute approximate surface area is 271 Å². The maximum Gasteiger partial charge on any atom is 0.303 e. The second-order valence-corrected chi connectivity index (χ2v) is 11.4. The van der Waals surface area contributed by atoms with Gasteiger partial charge in [-0.3, -0.25) is 29.3 Å². The van der Waals surface area contributed by atoms with E-state index in [1.807, 2.05) is 38.1 Å². The summed E-state index contributed by atoms with van der Waals surface area (Å²) in [6.45, 7) is 8.26. The topological polar surface area (TPSA) is 175 Å². The molecule has 0 bridgehead atoms. The fourth-order valence-corrected chi connectivity index (χ4v) is 5.51. The SMILES string of the molecule is CC(=O)OC[C@H]1O[C@@H](n2cc(Cc3ccc(-c4ccccc4[N+](=O)[O-])cc3)c(C(C)C)n2)[C@H](OC(C)=O)[C@@H](OC(C)=O)[C@@H]1OC(C)=O. The third-order valence-electron chi connectivity index (χ3n) is 7.37. The first kappa shape index (κ1) is 34.8. The number of ether oxygens (including phenoxy) is 5. The van der Waals surface area contributed by atoms with Crippen LogP contribution in [0.15, 0.2) is 54.7 Å². The van der Waals surface area contributed by atoms with E-state index in [-0.39, 0.29) is 18.2 Å². The maximum atomic E-state index is 12.3. The van der Waals surface area contributed by atoms with Gasteiger partial charge in [0.05, 0.1) is 16.2 Å². The first-order chi connectivity index (χ1) is 22.2. The lowest BCUT2D eigenvalue weighted by Crippen LogP contribution is -2.60. The summed E-state index contributed by atoms with van der Waals surface area (Å²) in [6, 6.07) is 13.9. The van der Waals surface area contributed by atoms with Crippen LogP contribution >= 0.6 is 0 Å². The van der Waals surface area contributed by atoms with Crippen LogP contribution in [-0.2, 0) is 49.3 Å². The first-order valence-corrected chi connectivity index (χ1v) is 15.0. The lowest BCUT2D eigenvalue weighted by atomic mass is 9.97. The van der Waals surface area contributed by atoms with Crippen molar-refractivity contribution in [2.24, 2.45) is 0 Å². The zero-order chi connectivity index (χ0) is 34.4. The molecule has 1 fully saturated rings. The van der Waals surface area contributed by atoms with Gasteiger partial charge in [-0.15, -0.1) is 0 Å². The van der Waals surface area contributed by atoms with Crippen molar-refractivity contribution in [2.75, 3.05) is 6.61 Å². The number of carbonyl (C=O) groups is 4. The highest BCUT2D eigenvalue weighted by atomic mass is 16.7. The molecule has 0 unspecified atom stereocenters. The number of para-hydroxylation sites is 1. The summed E-state index contributed by atoms with van der Waals surface area (Å²) < 4.78 is 29.6. The van der Waals surface area contributed by atoms with Gasteiger partial charge in [0.25, 0.3) is 5.69 Å². The van der Waals surface area contributed by atoms with Crippen LogP contribution in [0.3, 0.4) is 0 Å². The Morgan fingerprint density at radius 2 is 1.47 bits per heavy atom. The minimum atomic E-state index is -1.33. The average molecular weight is 652 g/mol. The Morgan fingerprint density at radius 1 is 0.872 bits per heavy atom. The summed E-state index contributed by atoms with van der Waals surface area (Å²) in [6.07, 6.45) is -4.05. The van der Waals surface area contributed by atoms with Crippen LogP contribution in [0.25, 0.3) is 11.1 Å². The number of rotatable bonds is 11. The van der Waals surface area contributed by atoms with Gasteiger partial charge in [-0.05, 0) is 28.7 Å². The van der Waals surface area contributed by atoms with Crippen molar-refractivity contribution in [2.45, 2.75) is 84.5 Å². The van der Waals surface area contributed by atoms with Gasteiger partial charge in [0.15, 0.2) is 24.5 Å². The number of esters is 4. The van der Waals surface area contributed by atoms with E-state index in [0.717, 1.165) is 25.0 Å². The molecule has 0 spiro atoms. The minimum absolute atomic E-state index is 0.00782. The molecule has 0 saturated carbocycles. The zero-order valence-corrected chi connectivity index (χ0v) is 26.9. The smallest absolute Gasteiger partial charge is 0.303 e. The van der Waals surface area contributed by atoms with Gasteiger partial charge in [-0.1, -0.05) is 50.2 Å². The molecule has 1 aliphatic heterocycles. The van der Waals surface area contributed by atoms with Crippen molar-refractivity contribution in [1.82, 2.24) is 9.78 Å². The maximum absolute atomic E-state index is 12.3. The van der Waals surface area contributed by atoms with E-state index >= 15 is 0 Å². The Bertz CT molecular complexity index is 1630. The number of carbonyl (C=O) groups excluding carboxylic acids is 4. The molecule has 0 radical (unpaired) electrons. The van der Waals surface area contributed by atoms with Gasteiger partial charge < -0.3 is 23.7 Å². The normalized spacial score (nSPS) is 20.7. The number of nitro groups is 1. The monoisotopic (exact) mass is 651 g/mol. The first-order valence-electron chi connectivity index (χ1n) is 15.0. The summed E-state index contributed by atoms with van der Waals surface area (Å²) in [5.74, 6) is -2.84. The molecular formula is C33H37N3O11. The molecule has 1 aromatic heterocycles. The van der Waals surface area contributed by atoms with Crippen LogP contribution in [0.5, 0.6) is 0 Å². The quantitative estimate of drug-likeness (QED) is 0.124. The van der Waals surface area contributed by atoms with Crippen LogP contribution in [-0.4, -0.2) is 69.6 Å². The van der Waals surface area contributed by atoms with E-state index in [0.29, 0.717) is 23.2 Å². The van der Waals surface area contributed by atoms with Gasteiger partial charge in [0.1, 0.15) is 12.7 Å². The molecule has 3 aromatic rings. The lowest BCUT2D eigenvalue weighted by molar-refractivity contribution is -0.384. The number of aromatic nitrogens is 2. The van der Waals surface area contributed by atoms with E-state index in [1.54, 1.807) is 24.4 Å². The molecule has 1 aliphatic rings. The van der Waals surface area contributed by atoms with Crippen LogP contribution in [0.1, 0.15) is 70.5 Å². The van der Waals surface area contributed by atoms with Gasteiger partial charge >= 0.3 is 23.9 Å². The zero-order valence-electron chi connectivity index (χ0n) is 26.9. The van der Waals surface area contributed by atoms with Crippen molar-refractivity contribution >= 4 is 29.6 Å². The fraction of sp³-hybridized carbons (Fsp3) is 0.424. The Hall–Kier alpha value is -5.11. The van der Waals surface area contributed by atoms with Crippen LogP contribution in [0.2, 0.25) is 0 Å². The summed E-state index contributed by atoms with van der Waals surface area (Å²) in [5, 5.41) is 16.3. The molecule has 250 valence electrons. The Kier molecular flexibility index (Phi) is 11.1. The van der Waals surface area contributed by atoms with Crippen LogP contribution in [0.4, 0.5) is 5.69 Å². The molecule has 0 N–H and O–H groups in total. The second kappa shape index (κ2) is 15.0. The van der Waals surface area contributed by atoms with E-state index in [9.17, 15) is 29.3 Å². The van der Waals surface area contributed by atoms with E-state index in [2.05, 4.69) is 0 Å². The van der Waals surface area contributed by atoms with E-state index in [4.69, 9.17) is 28.8 Å². The number of hydrogen-bond donors (Lipinski definition) is 0. The predicted octanol–water partition coefficient (Wildman–Crippen LogP) is 4.43. The highest BCUT2D eigenvalue weighted by Crippen LogP contribution is 2.36. The number of benzene rings is 2. The highest BCUT2D eigenvalue weighted by molar-refractivity contribution is 5.73. The largest absolute Gasteiger partial charge is 0.463 e. The van der Waals surface area contributed by atoms with Crippen LogP contribution < -0.4 is 0 Å². The minimum Gasteiger partial charge on any atom is -0.463 e. The number of hydrogen-bond acceptors (Lipinski definition) is 12. The molecule has 4 rings (SSSR count). The lowest BCUT2D eigenvalue weighted by Gasteiger charge is -2.44. The summed E-state index contributed by atoms with van der Waals surface area (Å²) in [4.78, 5) is 59.4. The van der Waals surface area contributed by atoms with Crippen molar-refractivity contribution < 1.29 is 47.8 Å². The molecule has 1 saturated heterocycles. The third-order valence-corrected chi connectivity index (χ3v) is 7.37. The third kappa shape index (κ3) is 8.58. The van der Waals surface area contributed by atoms with Crippen molar-refractivity contribution in [3.8, 4) is 11.1 Å². The van der Waals surface area contributed by atoms with Gasteiger partial charge in [0.2, 0.25) is 0 Å². The van der Waals surface area contributed by atoms with Crippen molar-refractivity contribution in [3.63, 3.8) is 0 Å². The van der Waals surface area contributed by atoms with Crippen molar-refractivity contribution in [1.29, 1.82) is 0 Å². The molecule has 47 heavy (non-hydrogen) atoms. The Balaban J connectivity index is 1.72. The second-order valence-electron chi connectivity index (χ2n) is 11.4. The molecule has 2 heterocycles. The number of nitrogens with zero attached hydrogens (tertiary/aromatic N) is 3. The van der Waals surface area contributed by atoms with Gasteiger partial charge in [0, 0.05) is 46.4 Å². The molecule has 5 atom stereocenters. The van der Waals surface area contributed by atoms with Crippen molar-refractivity contribution in [3.05, 3.63) is 81.7 Å². The summed E-state index contributed by atoms with van der Waals surface area (Å²) >= 11 is 0. The molecule has 14 heteroatoms. The van der Waals surface area contributed by atoms with E-state index < -0.39 is 59.4 Å². The summed E-state index contributed by atoms with van der Waals surface area (Å²) in [7, 11) is 0. The molecule has 0 amide bonds. The average Bonchev–Trinajstić information content (AvgIpc) is 3.41. The molecular weight excluding hydrogens is 614 g/mol. The number of nitro benzene ring substituents is 1. The molecule has 0 aliphatic carbocycles. The summed E-state index contributed by atoms with van der Waals surface area (Å²) in [5.41, 5.74) is 3.62. The van der Waals surface area contributed by atoms with Gasteiger partial charge in [-0.25, -0.2) is 4.68 Å². The molecule has 2 aromatic carbocycles. The highest BCUT2D eigenvalue weighted by Gasteiger charge is 2.53. The van der Waals surface area contributed by atoms with Gasteiger partial charge in [-0.2, -0.15) is 5.10 Å². The van der Waals surface area contributed by atoms with Crippen LogP contribution in [0, 0.1) is 10.1 Å². The fourth-order valence-electron chi connectivity index (χ4n) is 5.51. The Morgan fingerprint density at radius 3 is 2.04 bits per heavy atom. The standard InChI is InChI=1S/C33H37N3O11/c1-18(2)29-25(15-23-11-13-24(14-12-23)26-9-7-8-10-27(26)36(41)42)16-35(34-29)33-32(46-22(6)40)31(45-21(5)39)30(44-20(4)38)28(47-33)17-43-19(3)37/h7-14,16,18,28,30-33H,15,17H2,1-6H3/t28-,30-,31+,32-,33-/m1/s1.